The van der Waals surface area contributed by atoms with Crippen molar-refractivity contribution in [1.29, 1.82) is 0 Å². The second kappa shape index (κ2) is 4.49. The standard InChI is InChI=1S/C12H8ClF2N/c13-9-3-1-2-4-12(9)16-8-5-6-10(14)11(15)7-8/h1-7,16H. The molecule has 1 N–H and O–H groups in total. The lowest BCUT2D eigenvalue weighted by atomic mass is 10.2. The molecule has 1 nitrogen and oxygen atoms in total. The van der Waals surface area contributed by atoms with E-state index in [0.29, 0.717) is 16.4 Å². The summed E-state index contributed by atoms with van der Waals surface area (Å²) in [4.78, 5) is 0. The first-order chi connectivity index (χ1) is 7.66. The van der Waals surface area contributed by atoms with Gasteiger partial charge in [0.2, 0.25) is 0 Å². The molecule has 0 aliphatic carbocycles. The lowest BCUT2D eigenvalue weighted by molar-refractivity contribution is 0.509. The first kappa shape index (κ1) is 10.9. The maximum absolute atomic E-state index is 12.9. The fourth-order valence-corrected chi connectivity index (χ4v) is 1.47. The number of rotatable bonds is 2. The molecule has 82 valence electrons. The second-order valence-corrected chi connectivity index (χ2v) is 3.64. The van der Waals surface area contributed by atoms with E-state index in [-0.39, 0.29) is 0 Å². The molecule has 0 heterocycles. The average Bonchev–Trinajstić information content (AvgIpc) is 2.27. The van der Waals surface area contributed by atoms with Crippen LogP contribution in [0, 0.1) is 11.6 Å². The Morgan fingerprint density at radius 2 is 1.69 bits per heavy atom. The van der Waals surface area contributed by atoms with Gasteiger partial charge in [-0.15, -0.1) is 0 Å². The third kappa shape index (κ3) is 2.31. The summed E-state index contributed by atoms with van der Waals surface area (Å²) in [7, 11) is 0. The summed E-state index contributed by atoms with van der Waals surface area (Å²) in [6.45, 7) is 0. The van der Waals surface area contributed by atoms with Crippen LogP contribution >= 0.6 is 11.6 Å². The molecule has 2 aromatic carbocycles. The fraction of sp³-hybridized carbons (Fsp3) is 0. The van der Waals surface area contributed by atoms with Crippen molar-refractivity contribution >= 4 is 23.0 Å². The molecule has 0 spiro atoms. The maximum atomic E-state index is 12.9. The summed E-state index contributed by atoms with van der Waals surface area (Å²) in [6, 6.07) is 10.6. The molecule has 0 saturated carbocycles. The zero-order valence-electron chi connectivity index (χ0n) is 8.18. The Morgan fingerprint density at radius 3 is 2.38 bits per heavy atom. The molecule has 0 bridgehead atoms. The number of para-hydroxylation sites is 1. The normalized spacial score (nSPS) is 10.2. The van der Waals surface area contributed by atoms with Crippen molar-refractivity contribution in [3.63, 3.8) is 0 Å². The molecule has 2 rings (SSSR count). The van der Waals surface area contributed by atoms with Gasteiger partial charge in [-0.2, -0.15) is 0 Å². The molecule has 16 heavy (non-hydrogen) atoms. The van der Waals surface area contributed by atoms with Gasteiger partial charge >= 0.3 is 0 Å². The summed E-state index contributed by atoms with van der Waals surface area (Å²) in [5.41, 5.74) is 1.10. The van der Waals surface area contributed by atoms with Crippen molar-refractivity contribution in [2.24, 2.45) is 0 Å². The van der Waals surface area contributed by atoms with E-state index in [1.165, 1.54) is 6.07 Å². The van der Waals surface area contributed by atoms with Crippen LogP contribution in [0.4, 0.5) is 20.2 Å². The smallest absolute Gasteiger partial charge is 0.160 e. The van der Waals surface area contributed by atoms with Crippen LogP contribution in [0.15, 0.2) is 42.5 Å². The topological polar surface area (TPSA) is 12.0 Å². The quantitative estimate of drug-likeness (QED) is 0.821. The van der Waals surface area contributed by atoms with Crippen LogP contribution in [0.25, 0.3) is 0 Å². The molecule has 0 unspecified atom stereocenters. The monoisotopic (exact) mass is 239 g/mol. The highest BCUT2D eigenvalue weighted by molar-refractivity contribution is 6.33. The van der Waals surface area contributed by atoms with Crippen molar-refractivity contribution in [1.82, 2.24) is 0 Å². The van der Waals surface area contributed by atoms with Crippen LogP contribution in [0.1, 0.15) is 0 Å². The van der Waals surface area contributed by atoms with Crippen molar-refractivity contribution < 1.29 is 8.78 Å². The van der Waals surface area contributed by atoms with Gasteiger partial charge in [0.05, 0.1) is 10.7 Å². The molecular formula is C12H8ClF2N. The third-order valence-corrected chi connectivity index (χ3v) is 2.40. The van der Waals surface area contributed by atoms with Crippen LogP contribution in [-0.4, -0.2) is 0 Å². The van der Waals surface area contributed by atoms with Crippen LogP contribution in [0.5, 0.6) is 0 Å². The van der Waals surface area contributed by atoms with E-state index in [1.807, 2.05) is 0 Å². The number of benzene rings is 2. The zero-order valence-corrected chi connectivity index (χ0v) is 8.93. The Morgan fingerprint density at radius 1 is 0.938 bits per heavy atom. The summed E-state index contributed by atoms with van der Waals surface area (Å²) in [5.74, 6) is -1.76. The van der Waals surface area contributed by atoms with Crippen LogP contribution < -0.4 is 5.32 Å². The first-order valence-corrected chi connectivity index (χ1v) is 5.01. The Hall–Kier alpha value is -1.61. The first-order valence-electron chi connectivity index (χ1n) is 4.63. The minimum absolute atomic E-state index is 0.451. The van der Waals surface area contributed by atoms with Gasteiger partial charge in [-0.3, -0.25) is 0 Å². The van der Waals surface area contributed by atoms with Gasteiger partial charge in [0.1, 0.15) is 0 Å². The second-order valence-electron chi connectivity index (χ2n) is 3.23. The largest absolute Gasteiger partial charge is 0.354 e. The number of anilines is 2. The van der Waals surface area contributed by atoms with Crippen molar-refractivity contribution in [3.8, 4) is 0 Å². The van der Waals surface area contributed by atoms with E-state index < -0.39 is 11.6 Å². The van der Waals surface area contributed by atoms with Crippen molar-refractivity contribution in [2.75, 3.05) is 5.32 Å². The number of halogens is 3. The molecule has 0 radical (unpaired) electrons. The Bertz CT molecular complexity index is 514. The zero-order chi connectivity index (χ0) is 11.5. The Kier molecular flexibility index (Phi) is 3.06. The van der Waals surface area contributed by atoms with Crippen molar-refractivity contribution in [2.45, 2.75) is 0 Å². The lowest BCUT2D eigenvalue weighted by Gasteiger charge is -2.08. The van der Waals surface area contributed by atoms with Gasteiger partial charge in [0.25, 0.3) is 0 Å². The summed E-state index contributed by atoms with van der Waals surface area (Å²) >= 11 is 5.91. The van der Waals surface area contributed by atoms with E-state index in [9.17, 15) is 8.78 Å². The SMILES string of the molecule is Fc1ccc(Nc2ccccc2Cl)cc1F. The molecule has 0 fully saturated rings. The van der Waals surface area contributed by atoms with E-state index in [1.54, 1.807) is 24.3 Å². The van der Waals surface area contributed by atoms with E-state index in [0.717, 1.165) is 12.1 Å². The predicted octanol–water partition coefficient (Wildman–Crippen LogP) is 4.36. The Balaban J connectivity index is 2.28. The van der Waals surface area contributed by atoms with Crippen molar-refractivity contribution in [3.05, 3.63) is 59.1 Å². The van der Waals surface area contributed by atoms with E-state index >= 15 is 0 Å². The predicted molar refractivity (Wildman–Crippen MR) is 61.1 cm³/mol. The molecular weight excluding hydrogens is 232 g/mol. The van der Waals surface area contributed by atoms with E-state index in [4.69, 9.17) is 11.6 Å². The van der Waals surface area contributed by atoms with Crippen LogP contribution in [0.2, 0.25) is 5.02 Å². The molecule has 0 aromatic heterocycles. The minimum Gasteiger partial charge on any atom is -0.354 e. The highest BCUT2D eigenvalue weighted by Crippen LogP contribution is 2.25. The number of nitrogens with one attached hydrogen (secondary N) is 1. The Labute approximate surface area is 96.7 Å². The van der Waals surface area contributed by atoms with Gasteiger partial charge in [0, 0.05) is 11.8 Å². The maximum Gasteiger partial charge on any atom is 0.160 e. The van der Waals surface area contributed by atoms with Crippen LogP contribution in [-0.2, 0) is 0 Å². The van der Waals surface area contributed by atoms with Gasteiger partial charge in [-0.1, -0.05) is 23.7 Å². The molecule has 2 aromatic rings. The summed E-state index contributed by atoms with van der Waals surface area (Å²) in [5, 5.41) is 3.42. The number of hydrogen-bond donors (Lipinski definition) is 1. The molecule has 4 heteroatoms. The molecule has 0 amide bonds. The average molecular weight is 240 g/mol. The van der Waals surface area contributed by atoms with Crippen LogP contribution in [0.3, 0.4) is 0 Å². The third-order valence-electron chi connectivity index (χ3n) is 2.07. The van der Waals surface area contributed by atoms with Gasteiger partial charge in [-0.05, 0) is 24.3 Å². The lowest BCUT2D eigenvalue weighted by Crippen LogP contribution is -1.93. The van der Waals surface area contributed by atoms with E-state index in [2.05, 4.69) is 5.32 Å². The van der Waals surface area contributed by atoms with Gasteiger partial charge in [0.15, 0.2) is 11.6 Å². The highest BCUT2D eigenvalue weighted by atomic mass is 35.5. The molecule has 0 aliphatic heterocycles. The van der Waals surface area contributed by atoms with Gasteiger partial charge < -0.3 is 5.32 Å². The van der Waals surface area contributed by atoms with Gasteiger partial charge in [-0.25, -0.2) is 8.78 Å². The summed E-state index contributed by atoms with van der Waals surface area (Å²) < 4.78 is 25.6. The minimum atomic E-state index is -0.892. The molecule has 0 saturated heterocycles. The highest BCUT2D eigenvalue weighted by Gasteiger charge is 2.04. The molecule has 0 atom stereocenters. The molecule has 0 aliphatic rings. The summed E-state index contributed by atoms with van der Waals surface area (Å²) in [6.07, 6.45) is 0. The number of hydrogen-bond acceptors (Lipinski definition) is 1. The fourth-order valence-electron chi connectivity index (χ4n) is 1.29.